The summed E-state index contributed by atoms with van der Waals surface area (Å²) < 4.78 is 5.13. The van der Waals surface area contributed by atoms with Crippen molar-refractivity contribution in [1.29, 1.82) is 0 Å². The second-order valence-electron chi connectivity index (χ2n) is 5.91. The SMILES string of the molecule is COc1ccc(CCC(=O)Nc2ccc(-c3cc(C)[nH]n3)cc2)cc1. The number of rotatable bonds is 6. The van der Waals surface area contributed by atoms with Crippen LogP contribution in [-0.2, 0) is 11.2 Å². The van der Waals surface area contributed by atoms with Gasteiger partial charge in [-0.05, 0) is 49.2 Å². The molecule has 3 rings (SSSR count). The molecule has 1 aromatic heterocycles. The first-order chi connectivity index (χ1) is 12.1. The molecule has 0 unspecified atom stereocenters. The Morgan fingerprint density at radius 1 is 1.12 bits per heavy atom. The summed E-state index contributed by atoms with van der Waals surface area (Å²) in [5.74, 6) is 0.819. The molecule has 0 spiro atoms. The van der Waals surface area contributed by atoms with Crippen LogP contribution in [-0.4, -0.2) is 23.2 Å². The zero-order chi connectivity index (χ0) is 17.6. The molecule has 0 fully saturated rings. The zero-order valence-electron chi connectivity index (χ0n) is 14.4. The van der Waals surface area contributed by atoms with Gasteiger partial charge in [0.2, 0.25) is 5.91 Å². The Labute approximate surface area is 147 Å². The summed E-state index contributed by atoms with van der Waals surface area (Å²) in [6, 6.07) is 17.5. The predicted octanol–water partition coefficient (Wildman–Crippen LogP) is 3.97. The number of methoxy groups -OCH3 is 1. The van der Waals surface area contributed by atoms with Crippen LogP contribution in [0, 0.1) is 6.92 Å². The van der Waals surface area contributed by atoms with Crippen molar-refractivity contribution in [2.75, 3.05) is 12.4 Å². The number of carbonyl (C=O) groups is 1. The van der Waals surface area contributed by atoms with Gasteiger partial charge in [0.05, 0.1) is 12.8 Å². The van der Waals surface area contributed by atoms with Crippen molar-refractivity contribution in [3.63, 3.8) is 0 Å². The lowest BCUT2D eigenvalue weighted by molar-refractivity contribution is -0.116. The van der Waals surface area contributed by atoms with Crippen LogP contribution in [0.1, 0.15) is 17.7 Å². The minimum atomic E-state index is -0.000757. The molecule has 0 saturated heterocycles. The van der Waals surface area contributed by atoms with Gasteiger partial charge in [-0.15, -0.1) is 0 Å². The lowest BCUT2D eigenvalue weighted by Gasteiger charge is -2.07. The normalized spacial score (nSPS) is 10.5. The zero-order valence-corrected chi connectivity index (χ0v) is 14.4. The monoisotopic (exact) mass is 335 g/mol. The van der Waals surface area contributed by atoms with Gasteiger partial charge in [0, 0.05) is 23.4 Å². The lowest BCUT2D eigenvalue weighted by atomic mass is 10.1. The molecule has 0 saturated carbocycles. The van der Waals surface area contributed by atoms with Crippen molar-refractivity contribution in [2.24, 2.45) is 0 Å². The van der Waals surface area contributed by atoms with Crippen molar-refractivity contribution < 1.29 is 9.53 Å². The largest absolute Gasteiger partial charge is 0.497 e. The molecule has 1 heterocycles. The average Bonchev–Trinajstić information content (AvgIpc) is 3.07. The van der Waals surface area contributed by atoms with Gasteiger partial charge >= 0.3 is 0 Å². The first kappa shape index (κ1) is 16.8. The van der Waals surface area contributed by atoms with Gasteiger partial charge in [-0.1, -0.05) is 24.3 Å². The predicted molar refractivity (Wildman–Crippen MR) is 98.7 cm³/mol. The van der Waals surface area contributed by atoms with E-state index in [0.29, 0.717) is 12.8 Å². The molecule has 25 heavy (non-hydrogen) atoms. The molecule has 5 heteroatoms. The number of ether oxygens (including phenoxy) is 1. The molecule has 5 nitrogen and oxygen atoms in total. The second-order valence-corrected chi connectivity index (χ2v) is 5.91. The van der Waals surface area contributed by atoms with Crippen molar-refractivity contribution in [2.45, 2.75) is 19.8 Å². The van der Waals surface area contributed by atoms with Gasteiger partial charge in [0.1, 0.15) is 5.75 Å². The highest BCUT2D eigenvalue weighted by Crippen LogP contribution is 2.20. The molecule has 0 aliphatic rings. The molecule has 0 radical (unpaired) electrons. The summed E-state index contributed by atoms with van der Waals surface area (Å²) in [4.78, 5) is 12.1. The Balaban J connectivity index is 1.53. The minimum Gasteiger partial charge on any atom is -0.497 e. The van der Waals surface area contributed by atoms with Gasteiger partial charge in [-0.25, -0.2) is 0 Å². The molecule has 1 amide bonds. The van der Waals surface area contributed by atoms with Gasteiger partial charge in [0.25, 0.3) is 0 Å². The van der Waals surface area contributed by atoms with Gasteiger partial charge in [-0.2, -0.15) is 5.10 Å². The van der Waals surface area contributed by atoms with Crippen LogP contribution in [0.2, 0.25) is 0 Å². The van der Waals surface area contributed by atoms with E-state index >= 15 is 0 Å². The molecule has 0 bridgehead atoms. The summed E-state index contributed by atoms with van der Waals surface area (Å²) >= 11 is 0. The van der Waals surface area contributed by atoms with E-state index in [9.17, 15) is 4.79 Å². The van der Waals surface area contributed by atoms with E-state index in [1.54, 1.807) is 7.11 Å². The maximum absolute atomic E-state index is 12.1. The Morgan fingerprint density at radius 3 is 2.44 bits per heavy atom. The van der Waals surface area contributed by atoms with Crippen LogP contribution in [0.15, 0.2) is 54.6 Å². The van der Waals surface area contributed by atoms with E-state index in [1.165, 1.54) is 0 Å². The van der Waals surface area contributed by atoms with Crippen molar-refractivity contribution in [3.8, 4) is 17.0 Å². The summed E-state index contributed by atoms with van der Waals surface area (Å²) in [6.45, 7) is 1.97. The fraction of sp³-hybridized carbons (Fsp3) is 0.200. The van der Waals surface area contributed by atoms with E-state index in [-0.39, 0.29) is 5.91 Å². The van der Waals surface area contributed by atoms with E-state index in [4.69, 9.17) is 4.74 Å². The van der Waals surface area contributed by atoms with Crippen LogP contribution in [0.25, 0.3) is 11.3 Å². The van der Waals surface area contributed by atoms with Crippen molar-refractivity contribution in [1.82, 2.24) is 10.2 Å². The number of aromatic nitrogens is 2. The van der Waals surface area contributed by atoms with E-state index in [0.717, 1.165) is 34.0 Å². The van der Waals surface area contributed by atoms with E-state index < -0.39 is 0 Å². The number of nitrogens with zero attached hydrogens (tertiary/aromatic N) is 1. The van der Waals surface area contributed by atoms with Crippen LogP contribution in [0.3, 0.4) is 0 Å². The van der Waals surface area contributed by atoms with Crippen molar-refractivity contribution in [3.05, 3.63) is 65.9 Å². The highest BCUT2D eigenvalue weighted by Gasteiger charge is 2.05. The number of nitrogens with one attached hydrogen (secondary N) is 2. The summed E-state index contributed by atoms with van der Waals surface area (Å²) in [5.41, 5.74) is 4.83. The average molecular weight is 335 g/mol. The lowest BCUT2D eigenvalue weighted by Crippen LogP contribution is -2.12. The highest BCUT2D eigenvalue weighted by atomic mass is 16.5. The molecule has 0 aliphatic heterocycles. The van der Waals surface area contributed by atoms with Crippen LogP contribution < -0.4 is 10.1 Å². The second kappa shape index (κ2) is 7.66. The maximum Gasteiger partial charge on any atom is 0.224 e. The van der Waals surface area contributed by atoms with Crippen molar-refractivity contribution >= 4 is 11.6 Å². The van der Waals surface area contributed by atoms with Gasteiger partial charge < -0.3 is 10.1 Å². The standard InChI is InChI=1S/C20H21N3O2/c1-14-13-19(23-22-14)16-6-8-17(9-7-16)21-20(24)12-5-15-3-10-18(25-2)11-4-15/h3-4,6-11,13H,5,12H2,1-2H3,(H,21,24)(H,22,23). The Bertz CT molecular complexity index is 836. The molecule has 128 valence electrons. The molecule has 2 N–H and O–H groups in total. The molecule has 2 aromatic carbocycles. The van der Waals surface area contributed by atoms with Crippen LogP contribution in [0.4, 0.5) is 5.69 Å². The Hall–Kier alpha value is -3.08. The van der Waals surface area contributed by atoms with E-state index in [1.807, 2.05) is 61.5 Å². The van der Waals surface area contributed by atoms with Crippen LogP contribution in [0.5, 0.6) is 5.75 Å². The number of aromatic amines is 1. The Kier molecular flexibility index (Phi) is 5.14. The third-order valence-corrected chi connectivity index (χ3v) is 3.97. The van der Waals surface area contributed by atoms with E-state index in [2.05, 4.69) is 15.5 Å². The molecular weight excluding hydrogens is 314 g/mol. The smallest absolute Gasteiger partial charge is 0.224 e. The molecule has 0 atom stereocenters. The first-order valence-corrected chi connectivity index (χ1v) is 8.19. The third kappa shape index (κ3) is 4.47. The number of hydrogen-bond donors (Lipinski definition) is 2. The maximum atomic E-state index is 12.1. The molecule has 3 aromatic rings. The minimum absolute atomic E-state index is 0.000757. The number of anilines is 1. The quantitative estimate of drug-likeness (QED) is 0.716. The number of H-pyrrole nitrogens is 1. The summed E-state index contributed by atoms with van der Waals surface area (Å²) in [6.07, 6.45) is 1.13. The summed E-state index contributed by atoms with van der Waals surface area (Å²) in [7, 11) is 1.64. The number of amides is 1. The highest BCUT2D eigenvalue weighted by molar-refractivity contribution is 5.91. The number of hydrogen-bond acceptors (Lipinski definition) is 3. The van der Waals surface area contributed by atoms with Gasteiger partial charge in [0.15, 0.2) is 0 Å². The first-order valence-electron chi connectivity index (χ1n) is 8.19. The summed E-state index contributed by atoms with van der Waals surface area (Å²) in [5, 5.41) is 10.1. The third-order valence-electron chi connectivity index (χ3n) is 3.97. The number of carbonyl (C=O) groups excluding carboxylic acids is 1. The van der Waals surface area contributed by atoms with Crippen LogP contribution >= 0.6 is 0 Å². The fourth-order valence-electron chi connectivity index (χ4n) is 2.56. The molecular formula is C20H21N3O2. The van der Waals surface area contributed by atoms with Gasteiger partial charge in [-0.3, -0.25) is 9.89 Å². The fourth-order valence-corrected chi connectivity index (χ4v) is 2.56. The molecule has 0 aliphatic carbocycles. The number of aryl methyl sites for hydroxylation is 2. The topological polar surface area (TPSA) is 67.0 Å². The Morgan fingerprint density at radius 2 is 1.84 bits per heavy atom. The number of benzene rings is 2.